The topological polar surface area (TPSA) is 69.7 Å². The zero-order valence-corrected chi connectivity index (χ0v) is 19.5. The number of carbonyl (C=O) groups is 1. The third-order valence-corrected chi connectivity index (χ3v) is 8.18. The molecule has 2 fully saturated rings. The van der Waals surface area contributed by atoms with Crippen molar-refractivity contribution in [1.29, 1.82) is 0 Å². The molecule has 32 heavy (non-hydrogen) atoms. The van der Waals surface area contributed by atoms with E-state index in [1.165, 1.54) is 31.7 Å². The normalized spacial score (nSPS) is 23.8. The van der Waals surface area contributed by atoms with Gasteiger partial charge in [0.25, 0.3) is 10.2 Å². The van der Waals surface area contributed by atoms with Gasteiger partial charge in [-0.15, -0.1) is 0 Å². The van der Waals surface area contributed by atoms with E-state index in [4.69, 9.17) is 11.6 Å². The highest BCUT2D eigenvalue weighted by molar-refractivity contribution is 7.87. The number of hydrogen-bond acceptors (Lipinski definition) is 4. The predicted molar refractivity (Wildman–Crippen MR) is 124 cm³/mol. The average molecular weight is 480 g/mol. The first kappa shape index (κ1) is 23.2. The molecule has 2 saturated heterocycles. The number of rotatable bonds is 5. The van der Waals surface area contributed by atoms with Crippen LogP contribution in [0, 0.1) is 5.82 Å². The predicted octanol–water partition coefficient (Wildman–Crippen LogP) is 3.86. The average Bonchev–Trinajstić information content (AvgIpc) is 2.78. The fourth-order valence-electron chi connectivity index (χ4n) is 4.45. The van der Waals surface area contributed by atoms with Crippen LogP contribution >= 0.6 is 11.6 Å². The first-order chi connectivity index (χ1) is 15.2. The van der Waals surface area contributed by atoms with E-state index in [-0.39, 0.29) is 17.2 Å². The molecule has 0 saturated carbocycles. The Labute approximate surface area is 193 Å². The first-order valence-electron chi connectivity index (χ1n) is 10.8. The molecule has 0 spiro atoms. The van der Waals surface area contributed by atoms with E-state index >= 15 is 0 Å². The summed E-state index contributed by atoms with van der Waals surface area (Å²) >= 11 is 5.83. The molecule has 0 amide bonds. The van der Waals surface area contributed by atoms with Gasteiger partial charge < -0.3 is 4.90 Å². The second-order valence-electron chi connectivity index (χ2n) is 8.48. The quantitative estimate of drug-likeness (QED) is 0.707. The molecule has 2 aromatic carbocycles. The van der Waals surface area contributed by atoms with Gasteiger partial charge in [0.2, 0.25) is 0 Å². The number of ketones is 1. The van der Waals surface area contributed by atoms with Crippen molar-refractivity contribution >= 4 is 33.3 Å². The Morgan fingerprint density at radius 2 is 1.91 bits per heavy atom. The van der Waals surface area contributed by atoms with E-state index in [9.17, 15) is 17.6 Å². The number of anilines is 1. The minimum Gasteiger partial charge on any atom is -0.372 e. The van der Waals surface area contributed by atoms with E-state index in [2.05, 4.69) is 9.62 Å². The molecular weight excluding hydrogens is 453 g/mol. The van der Waals surface area contributed by atoms with E-state index in [1.807, 2.05) is 24.3 Å². The van der Waals surface area contributed by atoms with Gasteiger partial charge in [-0.05, 0) is 61.1 Å². The molecular formula is C23H27ClFN3O3S. The van der Waals surface area contributed by atoms with Crippen molar-refractivity contribution < 1.29 is 17.6 Å². The molecule has 6 nitrogen and oxygen atoms in total. The molecule has 0 aliphatic carbocycles. The number of halogens is 2. The van der Waals surface area contributed by atoms with Crippen molar-refractivity contribution in [2.75, 3.05) is 25.0 Å². The summed E-state index contributed by atoms with van der Waals surface area (Å²) in [4.78, 5) is 15.4. The molecule has 2 aromatic rings. The molecule has 4 rings (SSSR count). The molecule has 2 atom stereocenters. The van der Waals surface area contributed by atoms with Gasteiger partial charge in [0.1, 0.15) is 5.82 Å². The van der Waals surface area contributed by atoms with Gasteiger partial charge in [-0.25, -0.2) is 4.39 Å². The summed E-state index contributed by atoms with van der Waals surface area (Å²) in [5.74, 6) is -0.810. The van der Waals surface area contributed by atoms with Crippen molar-refractivity contribution in [3.05, 3.63) is 64.4 Å². The Kier molecular flexibility index (Phi) is 6.86. The Hall–Kier alpha value is -2.00. The summed E-state index contributed by atoms with van der Waals surface area (Å²) in [6.45, 7) is 1.98. The van der Waals surface area contributed by atoms with E-state index in [0.29, 0.717) is 12.0 Å². The number of likely N-dealkylation sites (N-methyl/N-ethyl adjacent to an activating group) is 1. The molecule has 172 valence electrons. The van der Waals surface area contributed by atoms with Gasteiger partial charge in [0.05, 0.1) is 11.1 Å². The van der Waals surface area contributed by atoms with Crippen molar-refractivity contribution in [2.45, 2.75) is 44.2 Å². The standard InChI is InChI=1S/C23H27ClFN3O3S/c1-27-22(23(29)13-16-8-9-20(25)19(24)12-16)15-21(26-32(27,30)31)17-6-5-7-18(14-17)28-10-3-2-4-11-28/h5-9,12,14,21-22,26H,2-4,10-11,13,15H2,1H3. The highest BCUT2D eigenvalue weighted by Gasteiger charge is 2.40. The van der Waals surface area contributed by atoms with E-state index < -0.39 is 28.1 Å². The van der Waals surface area contributed by atoms with Crippen LogP contribution in [0.1, 0.15) is 42.9 Å². The smallest absolute Gasteiger partial charge is 0.280 e. The molecule has 2 aliphatic heterocycles. The molecule has 0 bridgehead atoms. The van der Waals surface area contributed by atoms with Gasteiger partial charge in [0.15, 0.2) is 5.78 Å². The first-order valence-corrected chi connectivity index (χ1v) is 12.6. The summed E-state index contributed by atoms with van der Waals surface area (Å²) < 4.78 is 42.8. The van der Waals surface area contributed by atoms with Crippen LogP contribution in [0.5, 0.6) is 0 Å². The number of piperidine rings is 1. The maximum absolute atomic E-state index is 13.4. The summed E-state index contributed by atoms with van der Waals surface area (Å²) in [5, 5.41) is -0.0611. The Morgan fingerprint density at radius 3 is 2.62 bits per heavy atom. The summed E-state index contributed by atoms with van der Waals surface area (Å²) in [6, 6.07) is 10.7. The number of nitrogens with one attached hydrogen (secondary N) is 1. The number of Topliss-reactive ketones (excluding diaryl/α,β-unsaturated/α-hetero) is 1. The van der Waals surface area contributed by atoms with Crippen molar-refractivity contribution in [1.82, 2.24) is 9.03 Å². The largest absolute Gasteiger partial charge is 0.372 e. The lowest BCUT2D eigenvalue weighted by molar-refractivity contribution is -0.122. The molecule has 1 N–H and O–H groups in total. The SMILES string of the molecule is CN1C(C(=O)Cc2ccc(F)c(Cl)c2)CC(c2cccc(N3CCCCC3)c2)NS1(=O)=O. The maximum Gasteiger partial charge on any atom is 0.280 e. The van der Waals surface area contributed by atoms with E-state index in [1.54, 1.807) is 0 Å². The van der Waals surface area contributed by atoms with Crippen LogP contribution in [0.2, 0.25) is 5.02 Å². The Balaban J connectivity index is 1.56. The van der Waals surface area contributed by atoms with Crippen LogP contribution in [0.3, 0.4) is 0 Å². The third-order valence-electron chi connectivity index (χ3n) is 6.30. The van der Waals surface area contributed by atoms with Crippen LogP contribution in [-0.4, -0.2) is 44.7 Å². The van der Waals surface area contributed by atoms with Gasteiger partial charge in [-0.1, -0.05) is 29.8 Å². The fourth-order valence-corrected chi connectivity index (χ4v) is 5.95. The number of carbonyl (C=O) groups excluding carboxylic acids is 1. The summed E-state index contributed by atoms with van der Waals surface area (Å²) in [5.41, 5.74) is 2.46. The lowest BCUT2D eigenvalue weighted by Gasteiger charge is -2.37. The minimum absolute atomic E-state index is 0.0228. The van der Waals surface area contributed by atoms with Crippen molar-refractivity contribution in [3.63, 3.8) is 0 Å². The number of benzene rings is 2. The highest BCUT2D eigenvalue weighted by atomic mass is 35.5. The van der Waals surface area contributed by atoms with Crippen LogP contribution < -0.4 is 9.62 Å². The van der Waals surface area contributed by atoms with Crippen LogP contribution in [0.4, 0.5) is 10.1 Å². The van der Waals surface area contributed by atoms with Crippen LogP contribution in [0.25, 0.3) is 0 Å². The van der Waals surface area contributed by atoms with Crippen LogP contribution in [0.15, 0.2) is 42.5 Å². The van der Waals surface area contributed by atoms with Gasteiger partial charge in [0, 0.05) is 38.3 Å². The van der Waals surface area contributed by atoms with E-state index in [0.717, 1.165) is 41.5 Å². The molecule has 2 unspecified atom stereocenters. The number of hydrogen-bond donors (Lipinski definition) is 1. The Bertz CT molecular complexity index is 1110. The minimum atomic E-state index is -3.84. The maximum atomic E-state index is 13.4. The molecule has 0 radical (unpaired) electrons. The third kappa shape index (κ3) is 4.98. The molecule has 9 heteroatoms. The van der Waals surface area contributed by atoms with Crippen molar-refractivity contribution in [3.8, 4) is 0 Å². The second-order valence-corrected chi connectivity index (χ2v) is 10.6. The lowest BCUT2D eigenvalue weighted by Crippen LogP contribution is -2.55. The molecule has 2 aliphatic rings. The van der Waals surface area contributed by atoms with Crippen molar-refractivity contribution in [2.24, 2.45) is 0 Å². The summed E-state index contributed by atoms with van der Waals surface area (Å²) in [7, 11) is -2.43. The van der Waals surface area contributed by atoms with Gasteiger partial charge in [-0.3, -0.25) is 4.79 Å². The molecule has 2 heterocycles. The highest BCUT2D eigenvalue weighted by Crippen LogP contribution is 2.31. The molecule has 0 aromatic heterocycles. The summed E-state index contributed by atoms with van der Waals surface area (Å²) in [6.07, 6.45) is 3.82. The lowest BCUT2D eigenvalue weighted by atomic mass is 9.94. The van der Waals surface area contributed by atoms with Crippen LogP contribution in [-0.2, 0) is 21.4 Å². The second kappa shape index (κ2) is 9.47. The van der Waals surface area contributed by atoms with Gasteiger partial charge >= 0.3 is 0 Å². The Morgan fingerprint density at radius 1 is 1.16 bits per heavy atom. The zero-order chi connectivity index (χ0) is 22.9. The monoisotopic (exact) mass is 479 g/mol. The zero-order valence-electron chi connectivity index (χ0n) is 17.9. The fraction of sp³-hybridized carbons (Fsp3) is 0.435. The van der Waals surface area contributed by atoms with Gasteiger partial charge in [-0.2, -0.15) is 17.4 Å². The number of nitrogens with zero attached hydrogens (tertiary/aromatic N) is 2.